The van der Waals surface area contributed by atoms with Gasteiger partial charge in [0.05, 0.1) is 12.6 Å². The van der Waals surface area contributed by atoms with Gasteiger partial charge in [-0.3, -0.25) is 0 Å². The molecule has 1 aromatic carbocycles. The predicted octanol–water partition coefficient (Wildman–Crippen LogP) is 1.22. The number of halogens is 2. The average Bonchev–Trinajstić information content (AvgIpc) is 2.14. The molecule has 0 fully saturated rings. The van der Waals surface area contributed by atoms with Crippen LogP contribution in [-0.2, 0) is 0 Å². The van der Waals surface area contributed by atoms with Crippen LogP contribution in [0.15, 0.2) is 18.2 Å². The third-order valence-corrected chi connectivity index (χ3v) is 1.89. The molecule has 2 N–H and O–H groups in total. The Morgan fingerprint density at radius 1 is 1.46 bits per heavy atom. The molecule has 72 valence electrons. The van der Waals surface area contributed by atoms with Gasteiger partial charge in [-0.15, -0.1) is 0 Å². The van der Waals surface area contributed by atoms with Gasteiger partial charge in [0.1, 0.15) is 0 Å². The fourth-order valence-electron chi connectivity index (χ4n) is 1.13. The third-order valence-electron chi connectivity index (χ3n) is 1.89. The van der Waals surface area contributed by atoms with Crippen LogP contribution in [0.2, 0.25) is 0 Å². The van der Waals surface area contributed by atoms with Gasteiger partial charge in [-0.25, -0.2) is 8.78 Å². The monoisotopic (exact) mass is 187 g/mol. The highest BCUT2D eigenvalue weighted by atomic mass is 19.2. The summed E-state index contributed by atoms with van der Waals surface area (Å²) in [5.41, 5.74) is 0.144. The van der Waals surface area contributed by atoms with Crippen molar-refractivity contribution in [1.82, 2.24) is 5.32 Å². The Morgan fingerprint density at radius 3 is 2.69 bits per heavy atom. The lowest BCUT2D eigenvalue weighted by Gasteiger charge is -2.14. The maximum atomic E-state index is 13.1. The van der Waals surface area contributed by atoms with E-state index in [4.69, 9.17) is 5.11 Å². The fourth-order valence-corrected chi connectivity index (χ4v) is 1.13. The van der Waals surface area contributed by atoms with E-state index in [0.29, 0.717) is 0 Å². The second kappa shape index (κ2) is 4.30. The average molecular weight is 187 g/mol. The molecule has 1 atom stereocenters. The third kappa shape index (κ3) is 2.02. The summed E-state index contributed by atoms with van der Waals surface area (Å²) in [6, 6.07) is 3.34. The van der Waals surface area contributed by atoms with Crippen LogP contribution in [-0.4, -0.2) is 18.8 Å². The largest absolute Gasteiger partial charge is 0.394 e. The van der Waals surface area contributed by atoms with Gasteiger partial charge in [0.25, 0.3) is 0 Å². The molecule has 1 rings (SSSR count). The Balaban J connectivity index is 3.05. The summed E-state index contributed by atoms with van der Waals surface area (Å²) in [5.74, 6) is -1.80. The lowest BCUT2D eigenvalue weighted by Crippen LogP contribution is -2.21. The summed E-state index contributed by atoms with van der Waals surface area (Å²) in [4.78, 5) is 0. The Kier molecular flexibility index (Phi) is 3.33. The summed E-state index contributed by atoms with van der Waals surface area (Å²) in [7, 11) is 1.57. The number of nitrogens with one attached hydrogen (secondary N) is 1. The Hall–Kier alpha value is -1.00. The number of hydrogen-bond donors (Lipinski definition) is 2. The van der Waals surface area contributed by atoms with E-state index in [1.54, 1.807) is 7.05 Å². The van der Waals surface area contributed by atoms with Crippen LogP contribution >= 0.6 is 0 Å². The molecular weight excluding hydrogens is 176 g/mol. The molecule has 0 radical (unpaired) electrons. The standard InChI is InChI=1S/C9H11F2NO/c1-12-8(5-13)6-3-2-4-7(10)9(6)11/h2-4,8,12-13H,5H2,1H3/t8-/m1/s1. The second-order valence-corrected chi connectivity index (χ2v) is 2.67. The van der Waals surface area contributed by atoms with E-state index in [9.17, 15) is 8.78 Å². The minimum Gasteiger partial charge on any atom is -0.394 e. The van der Waals surface area contributed by atoms with E-state index < -0.39 is 17.7 Å². The molecule has 13 heavy (non-hydrogen) atoms. The highest BCUT2D eigenvalue weighted by Gasteiger charge is 2.15. The number of aliphatic hydroxyl groups excluding tert-OH is 1. The van der Waals surface area contributed by atoms with Gasteiger partial charge in [0.15, 0.2) is 11.6 Å². The van der Waals surface area contributed by atoms with Crippen molar-refractivity contribution in [3.05, 3.63) is 35.4 Å². The lowest BCUT2D eigenvalue weighted by atomic mass is 10.1. The van der Waals surface area contributed by atoms with Gasteiger partial charge >= 0.3 is 0 Å². The smallest absolute Gasteiger partial charge is 0.163 e. The topological polar surface area (TPSA) is 32.3 Å². The van der Waals surface area contributed by atoms with Gasteiger partial charge in [0, 0.05) is 5.56 Å². The van der Waals surface area contributed by atoms with Gasteiger partial charge < -0.3 is 10.4 Å². The van der Waals surface area contributed by atoms with E-state index in [2.05, 4.69) is 5.32 Å². The van der Waals surface area contributed by atoms with Crippen molar-refractivity contribution >= 4 is 0 Å². The first-order valence-corrected chi connectivity index (χ1v) is 3.92. The molecule has 0 saturated carbocycles. The van der Waals surface area contributed by atoms with Crippen molar-refractivity contribution < 1.29 is 13.9 Å². The van der Waals surface area contributed by atoms with Gasteiger partial charge in [-0.05, 0) is 13.1 Å². The van der Waals surface area contributed by atoms with Crippen molar-refractivity contribution in [3.63, 3.8) is 0 Å². The van der Waals surface area contributed by atoms with Crippen LogP contribution in [0.1, 0.15) is 11.6 Å². The number of likely N-dealkylation sites (N-methyl/N-ethyl adjacent to an activating group) is 1. The zero-order valence-electron chi connectivity index (χ0n) is 7.22. The summed E-state index contributed by atoms with van der Waals surface area (Å²) in [6.07, 6.45) is 0. The van der Waals surface area contributed by atoms with E-state index in [-0.39, 0.29) is 12.2 Å². The van der Waals surface area contributed by atoms with Crippen LogP contribution < -0.4 is 5.32 Å². The summed E-state index contributed by atoms with van der Waals surface area (Å²) >= 11 is 0. The molecular formula is C9H11F2NO. The zero-order valence-corrected chi connectivity index (χ0v) is 7.22. The van der Waals surface area contributed by atoms with Crippen molar-refractivity contribution in [1.29, 1.82) is 0 Å². The van der Waals surface area contributed by atoms with Crippen LogP contribution in [0.4, 0.5) is 8.78 Å². The van der Waals surface area contributed by atoms with Crippen LogP contribution in [0, 0.1) is 11.6 Å². The van der Waals surface area contributed by atoms with Crippen LogP contribution in [0.5, 0.6) is 0 Å². The quantitative estimate of drug-likeness (QED) is 0.745. The van der Waals surface area contributed by atoms with E-state index in [1.807, 2.05) is 0 Å². The van der Waals surface area contributed by atoms with Crippen LogP contribution in [0.3, 0.4) is 0 Å². The first kappa shape index (κ1) is 10.1. The number of hydrogen-bond acceptors (Lipinski definition) is 2. The van der Waals surface area contributed by atoms with E-state index in [0.717, 1.165) is 6.07 Å². The second-order valence-electron chi connectivity index (χ2n) is 2.67. The minimum absolute atomic E-state index is 0.144. The molecule has 4 heteroatoms. The first-order chi connectivity index (χ1) is 6.20. The van der Waals surface area contributed by atoms with Crippen molar-refractivity contribution in [2.75, 3.05) is 13.7 Å². The van der Waals surface area contributed by atoms with Crippen molar-refractivity contribution in [3.8, 4) is 0 Å². The van der Waals surface area contributed by atoms with Crippen molar-refractivity contribution in [2.24, 2.45) is 0 Å². The van der Waals surface area contributed by atoms with E-state index in [1.165, 1.54) is 12.1 Å². The Bertz CT molecular complexity index is 287. The Labute approximate surface area is 75.2 Å². The summed E-state index contributed by atoms with van der Waals surface area (Å²) in [5, 5.41) is 11.5. The number of rotatable bonds is 3. The highest BCUT2D eigenvalue weighted by Crippen LogP contribution is 2.18. The number of aliphatic hydroxyl groups is 1. The molecule has 0 aliphatic carbocycles. The number of benzene rings is 1. The highest BCUT2D eigenvalue weighted by molar-refractivity contribution is 5.22. The van der Waals surface area contributed by atoms with Gasteiger partial charge in [-0.1, -0.05) is 12.1 Å². The molecule has 0 aliphatic heterocycles. The first-order valence-electron chi connectivity index (χ1n) is 3.92. The molecule has 0 saturated heterocycles. The molecule has 0 unspecified atom stereocenters. The molecule has 0 heterocycles. The van der Waals surface area contributed by atoms with Crippen molar-refractivity contribution in [2.45, 2.75) is 6.04 Å². The Morgan fingerprint density at radius 2 is 2.15 bits per heavy atom. The molecule has 1 aromatic rings. The molecule has 0 aliphatic rings. The molecule has 0 aromatic heterocycles. The summed E-state index contributed by atoms with van der Waals surface area (Å²) < 4.78 is 25.8. The van der Waals surface area contributed by atoms with Gasteiger partial charge in [0.2, 0.25) is 0 Å². The summed E-state index contributed by atoms with van der Waals surface area (Å²) in [6.45, 7) is -0.267. The predicted molar refractivity (Wildman–Crippen MR) is 45.2 cm³/mol. The lowest BCUT2D eigenvalue weighted by molar-refractivity contribution is 0.247. The van der Waals surface area contributed by atoms with Crippen LogP contribution in [0.25, 0.3) is 0 Å². The minimum atomic E-state index is -0.907. The molecule has 2 nitrogen and oxygen atoms in total. The molecule has 0 spiro atoms. The molecule has 0 bridgehead atoms. The SMILES string of the molecule is CN[C@H](CO)c1cccc(F)c1F. The normalized spacial score (nSPS) is 12.9. The zero-order chi connectivity index (χ0) is 9.84. The maximum absolute atomic E-state index is 13.1. The van der Waals surface area contributed by atoms with Gasteiger partial charge in [-0.2, -0.15) is 0 Å². The molecule has 0 amide bonds. The fraction of sp³-hybridized carbons (Fsp3) is 0.333. The maximum Gasteiger partial charge on any atom is 0.163 e. The van der Waals surface area contributed by atoms with E-state index >= 15 is 0 Å².